The molecule has 0 aromatic carbocycles. The fraction of sp³-hybridized carbons (Fsp3) is 0.857. The van der Waals surface area contributed by atoms with E-state index in [-0.39, 0.29) is 0 Å². The van der Waals surface area contributed by atoms with Gasteiger partial charge in [0.1, 0.15) is 0 Å². The van der Waals surface area contributed by atoms with Gasteiger partial charge in [-0.15, -0.1) is 0 Å². The van der Waals surface area contributed by atoms with Gasteiger partial charge in [-0.3, -0.25) is 0 Å². The zero-order valence-electron chi connectivity index (χ0n) is 10.6. The summed E-state index contributed by atoms with van der Waals surface area (Å²) in [4.78, 5) is 0. The minimum atomic E-state index is 0.991. The molecule has 0 radical (unpaired) electrons. The molecule has 0 rings (SSSR count). The van der Waals surface area contributed by atoms with Gasteiger partial charge in [-0.1, -0.05) is 85.7 Å². The van der Waals surface area contributed by atoms with Crippen LogP contribution in [0.15, 0.2) is 12.4 Å². The van der Waals surface area contributed by atoms with E-state index in [9.17, 15) is 0 Å². The molecule has 0 spiro atoms. The van der Waals surface area contributed by atoms with Crippen LogP contribution in [0.1, 0.15) is 71.1 Å². The van der Waals surface area contributed by atoms with Gasteiger partial charge in [0.2, 0.25) is 0 Å². The highest BCUT2D eigenvalue weighted by Gasteiger charge is 1.91. The van der Waals surface area contributed by atoms with Crippen LogP contribution in [0.5, 0.6) is 0 Å². The number of rotatable bonds is 12. The fourth-order valence-electron chi connectivity index (χ4n) is 1.82. The fourth-order valence-corrected chi connectivity index (χ4v) is 2.47. The smallest absolute Gasteiger partial charge is 0.0319 e. The molecule has 0 saturated carbocycles. The molecule has 0 saturated heterocycles. The molecule has 0 aliphatic rings. The lowest BCUT2D eigenvalue weighted by atomic mass is 10.1. The van der Waals surface area contributed by atoms with Crippen LogP contribution < -0.4 is 0 Å². The van der Waals surface area contributed by atoms with E-state index in [1.165, 1.54) is 70.4 Å². The second-order valence-corrected chi connectivity index (χ2v) is 5.66. The largest absolute Gasteiger partial charge is 0.0990 e. The summed E-state index contributed by atoms with van der Waals surface area (Å²) in [5, 5.41) is 0. The van der Waals surface area contributed by atoms with E-state index < -0.39 is 0 Å². The molecule has 1 unspecified atom stereocenters. The molecule has 0 aromatic rings. The molecule has 0 heterocycles. The van der Waals surface area contributed by atoms with Gasteiger partial charge in [0.25, 0.3) is 0 Å². The molecule has 0 aliphatic carbocycles. The minimum absolute atomic E-state index is 0.991. The van der Waals surface area contributed by atoms with Crippen LogP contribution in [0.2, 0.25) is 0 Å². The Kier molecular flexibility index (Phi) is 14.3. The SMILES string of the molecule is C=CPCCCCCCCCCCCC. The Balaban J connectivity index is 2.83. The highest BCUT2D eigenvalue weighted by molar-refractivity contribution is 7.41. The standard InChI is InChI=1S/C14H29P/c1-3-5-6-7-8-9-10-11-12-13-14-15-4-2/h4,15H,2-3,5-14H2,1H3. The van der Waals surface area contributed by atoms with Gasteiger partial charge in [0.15, 0.2) is 0 Å². The summed E-state index contributed by atoms with van der Waals surface area (Å²) in [5.74, 6) is 2.06. The van der Waals surface area contributed by atoms with Crippen molar-refractivity contribution in [2.24, 2.45) is 0 Å². The molecule has 0 nitrogen and oxygen atoms in total. The maximum atomic E-state index is 3.76. The zero-order valence-corrected chi connectivity index (χ0v) is 11.6. The van der Waals surface area contributed by atoms with Gasteiger partial charge in [0.05, 0.1) is 0 Å². The molecule has 1 heteroatoms. The molecule has 0 N–H and O–H groups in total. The van der Waals surface area contributed by atoms with Crippen molar-refractivity contribution < 1.29 is 0 Å². The molecule has 0 aliphatic heterocycles. The predicted octanol–water partition coefficient (Wildman–Crippen LogP) is 5.73. The lowest BCUT2D eigenvalue weighted by Crippen LogP contribution is -1.82. The van der Waals surface area contributed by atoms with Gasteiger partial charge in [-0.05, 0) is 12.6 Å². The van der Waals surface area contributed by atoms with Crippen molar-refractivity contribution in [2.45, 2.75) is 71.1 Å². The van der Waals surface area contributed by atoms with Gasteiger partial charge >= 0.3 is 0 Å². The summed E-state index contributed by atoms with van der Waals surface area (Å²) in [5.41, 5.74) is 0. The van der Waals surface area contributed by atoms with Gasteiger partial charge in [0, 0.05) is 0 Å². The van der Waals surface area contributed by atoms with Crippen LogP contribution in [-0.4, -0.2) is 6.16 Å². The van der Waals surface area contributed by atoms with Crippen molar-refractivity contribution in [2.75, 3.05) is 6.16 Å². The first-order chi connectivity index (χ1) is 7.41. The Morgan fingerprint density at radius 2 is 1.27 bits per heavy atom. The monoisotopic (exact) mass is 228 g/mol. The molecule has 1 atom stereocenters. The van der Waals surface area contributed by atoms with Crippen LogP contribution >= 0.6 is 8.58 Å². The summed E-state index contributed by atoms with van der Waals surface area (Å²) in [6.45, 7) is 6.04. The second kappa shape index (κ2) is 14.2. The van der Waals surface area contributed by atoms with E-state index >= 15 is 0 Å². The van der Waals surface area contributed by atoms with E-state index in [0.29, 0.717) is 0 Å². The van der Waals surface area contributed by atoms with E-state index in [1.54, 1.807) is 0 Å². The van der Waals surface area contributed by atoms with Crippen molar-refractivity contribution in [3.05, 3.63) is 12.4 Å². The first-order valence-electron chi connectivity index (χ1n) is 6.76. The van der Waals surface area contributed by atoms with Gasteiger partial charge in [-0.2, -0.15) is 0 Å². The summed E-state index contributed by atoms with van der Waals surface area (Å²) in [6.07, 6.45) is 15.8. The molecule has 0 fully saturated rings. The van der Waals surface area contributed by atoms with Crippen molar-refractivity contribution in [3.8, 4) is 0 Å². The normalized spacial score (nSPS) is 11.3. The topological polar surface area (TPSA) is 0 Å². The first kappa shape index (κ1) is 15.2. The van der Waals surface area contributed by atoms with Crippen molar-refractivity contribution in [1.29, 1.82) is 0 Å². The van der Waals surface area contributed by atoms with Crippen LogP contribution in [0.4, 0.5) is 0 Å². The number of hydrogen-bond acceptors (Lipinski definition) is 0. The zero-order chi connectivity index (χ0) is 11.2. The van der Waals surface area contributed by atoms with E-state index in [1.807, 2.05) is 0 Å². The maximum absolute atomic E-state index is 3.76. The third-order valence-corrected chi connectivity index (χ3v) is 3.75. The third-order valence-electron chi connectivity index (χ3n) is 2.82. The molecular formula is C14H29P. The highest BCUT2D eigenvalue weighted by atomic mass is 31.1. The quantitative estimate of drug-likeness (QED) is 0.295. The summed E-state index contributed by atoms with van der Waals surface area (Å²) >= 11 is 0. The molecule has 0 aromatic heterocycles. The Morgan fingerprint density at radius 3 is 1.73 bits per heavy atom. The molecule has 15 heavy (non-hydrogen) atoms. The molecular weight excluding hydrogens is 199 g/mol. The van der Waals surface area contributed by atoms with Crippen molar-refractivity contribution >= 4 is 8.58 Å². The Labute approximate surface area is 98.7 Å². The summed E-state index contributed by atoms with van der Waals surface area (Å²) in [7, 11) is 0.991. The summed E-state index contributed by atoms with van der Waals surface area (Å²) < 4.78 is 0. The van der Waals surface area contributed by atoms with Crippen molar-refractivity contribution in [3.63, 3.8) is 0 Å². The van der Waals surface area contributed by atoms with E-state index in [4.69, 9.17) is 0 Å². The number of unbranched alkanes of at least 4 members (excludes halogenated alkanes) is 9. The lowest BCUT2D eigenvalue weighted by molar-refractivity contribution is 0.563. The van der Waals surface area contributed by atoms with E-state index in [2.05, 4.69) is 19.3 Å². The Morgan fingerprint density at radius 1 is 0.800 bits per heavy atom. The average Bonchev–Trinajstić information content (AvgIpc) is 2.26. The second-order valence-electron chi connectivity index (χ2n) is 4.34. The predicted molar refractivity (Wildman–Crippen MR) is 75.2 cm³/mol. The average molecular weight is 228 g/mol. The molecule has 0 amide bonds. The third kappa shape index (κ3) is 14.2. The highest BCUT2D eigenvalue weighted by Crippen LogP contribution is 2.15. The minimum Gasteiger partial charge on any atom is -0.0990 e. The van der Waals surface area contributed by atoms with Crippen LogP contribution in [-0.2, 0) is 0 Å². The Bertz CT molecular complexity index is 121. The maximum Gasteiger partial charge on any atom is -0.0319 e. The Hall–Kier alpha value is 0.170. The van der Waals surface area contributed by atoms with Crippen molar-refractivity contribution in [1.82, 2.24) is 0 Å². The lowest BCUT2D eigenvalue weighted by Gasteiger charge is -2.01. The molecule has 0 bridgehead atoms. The summed E-state index contributed by atoms with van der Waals surface area (Å²) in [6, 6.07) is 0. The van der Waals surface area contributed by atoms with Gasteiger partial charge < -0.3 is 0 Å². The van der Waals surface area contributed by atoms with Crippen LogP contribution in [0, 0.1) is 0 Å². The van der Waals surface area contributed by atoms with Gasteiger partial charge in [-0.25, -0.2) is 0 Å². The van der Waals surface area contributed by atoms with Crippen LogP contribution in [0.3, 0.4) is 0 Å². The first-order valence-corrected chi connectivity index (χ1v) is 8.04. The molecule has 90 valence electrons. The van der Waals surface area contributed by atoms with E-state index in [0.717, 1.165) is 8.58 Å². The number of hydrogen-bond donors (Lipinski definition) is 0. The van der Waals surface area contributed by atoms with Crippen LogP contribution in [0.25, 0.3) is 0 Å².